The average Bonchev–Trinajstić information content (AvgIpc) is 2.32. The number of methoxy groups -OCH3 is 1. The highest BCUT2D eigenvalue weighted by Crippen LogP contribution is 2.34. The van der Waals surface area contributed by atoms with Crippen molar-refractivity contribution in [1.82, 2.24) is 0 Å². The van der Waals surface area contributed by atoms with Gasteiger partial charge in [-0.1, -0.05) is 30.9 Å². The third kappa shape index (κ3) is 3.32. The van der Waals surface area contributed by atoms with Gasteiger partial charge >= 0.3 is 5.97 Å². The van der Waals surface area contributed by atoms with Crippen LogP contribution in [-0.2, 0) is 4.74 Å². The Labute approximate surface area is 117 Å². The summed E-state index contributed by atoms with van der Waals surface area (Å²) in [7, 11) is 1.32. The van der Waals surface area contributed by atoms with Gasteiger partial charge in [0.1, 0.15) is 5.56 Å². The van der Waals surface area contributed by atoms with Crippen LogP contribution in [0.2, 0.25) is 5.02 Å². The van der Waals surface area contributed by atoms with E-state index < -0.39 is 5.97 Å². The van der Waals surface area contributed by atoms with Crippen LogP contribution in [0.25, 0.3) is 0 Å². The van der Waals surface area contributed by atoms with Gasteiger partial charge in [-0.25, -0.2) is 4.79 Å². The lowest BCUT2D eigenvalue weighted by atomic mass is 9.83. The predicted molar refractivity (Wildman–Crippen MR) is 74.7 cm³/mol. The molecule has 0 amide bonds. The first-order chi connectivity index (χ1) is 9.11. The van der Waals surface area contributed by atoms with E-state index in [1.54, 1.807) is 6.07 Å². The molecule has 0 heterocycles. The van der Waals surface area contributed by atoms with Crippen molar-refractivity contribution in [3.05, 3.63) is 22.7 Å². The number of nitrogens with two attached hydrogens (primary N) is 1. The number of hydrogen-bond donors (Lipinski definition) is 1. The number of carbonyl (C=O) groups is 1. The van der Waals surface area contributed by atoms with Crippen LogP contribution in [-0.4, -0.2) is 19.7 Å². The molecule has 0 aliphatic heterocycles. The van der Waals surface area contributed by atoms with Crippen molar-refractivity contribution in [2.45, 2.75) is 25.7 Å². The largest absolute Gasteiger partial charge is 0.491 e. The van der Waals surface area contributed by atoms with Gasteiger partial charge in [-0.2, -0.15) is 0 Å². The topological polar surface area (TPSA) is 61.5 Å². The number of carbonyl (C=O) groups excluding carboxylic acids is 1. The fourth-order valence-electron chi connectivity index (χ4n) is 2.13. The van der Waals surface area contributed by atoms with Crippen LogP contribution < -0.4 is 10.5 Å². The summed E-state index contributed by atoms with van der Waals surface area (Å²) in [4.78, 5) is 11.7. The first kappa shape index (κ1) is 14.0. The molecule has 2 N–H and O–H groups in total. The van der Waals surface area contributed by atoms with Gasteiger partial charge < -0.3 is 15.2 Å². The number of benzene rings is 1. The zero-order chi connectivity index (χ0) is 13.8. The number of rotatable bonds is 5. The fraction of sp³-hybridized carbons (Fsp3) is 0.500. The molecule has 5 heteroatoms. The van der Waals surface area contributed by atoms with Crippen molar-refractivity contribution < 1.29 is 14.3 Å². The van der Waals surface area contributed by atoms with Gasteiger partial charge in [0.15, 0.2) is 5.75 Å². The SMILES string of the molecule is COC(=O)c1cc(N)cc(Cl)c1OCCC1CCC1. The van der Waals surface area contributed by atoms with Crippen molar-refractivity contribution in [2.24, 2.45) is 5.92 Å². The maximum Gasteiger partial charge on any atom is 0.341 e. The lowest BCUT2D eigenvalue weighted by molar-refractivity contribution is 0.0595. The summed E-state index contributed by atoms with van der Waals surface area (Å²) in [5, 5.41) is 0.342. The molecule has 0 atom stereocenters. The quantitative estimate of drug-likeness (QED) is 0.665. The molecular weight excluding hydrogens is 266 g/mol. The predicted octanol–water partition coefficient (Wildman–Crippen LogP) is 3.28. The zero-order valence-electron chi connectivity index (χ0n) is 10.9. The molecule has 104 valence electrons. The molecule has 1 aromatic carbocycles. The average molecular weight is 284 g/mol. The summed E-state index contributed by atoms with van der Waals surface area (Å²) in [5.41, 5.74) is 6.37. The molecule has 1 aliphatic rings. The van der Waals surface area contributed by atoms with E-state index in [9.17, 15) is 4.79 Å². The summed E-state index contributed by atoms with van der Waals surface area (Å²) in [6, 6.07) is 3.10. The Bertz CT molecular complexity index is 472. The van der Waals surface area contributed by atoms with E-state index in [1.165, 1.54) is 32.4 Å². The van der Waals surface area contributed by atoms with E-state index in [-0.39, 0.29) is 5.56 Å². The van der Waals surface area contributed by atoms with Crippen LogP contribution in [0, 0.1) is 5.92 Å². The molecule has 1 fully saturated rings. The Morgan fingerprint density at radius 2 is 2.21 bits per heavy atom. The van der Waals surface area contributed by atoms with E-state index in [0.717, 1.165) is 12.3 Å². The molecule has 0 spiro atoms. The van der Waals surface area contributed by atoms with Crippen molar-refractivity contribution in [3.8, 4) is 5.75 Å². The highest BCUT2D eigenvalue weighted by molar-refractivity contribution is 6.33. The lowest BCUT2D eigenvalue weighted by Gasteiger charge is -2.25. The standard InChI is InChI=1S/C14H18ClNO3/c1-18-14(17)11-7-10(16)8-12(15)13(11)19-6-5-9-3-2-4-9/h7-9H,2-6,16H2,1H3. The maximum atomic E-state index is 11.7. The second-order valence-corrected chi connectivity index (χ2v) is 5.21. The van der Waals surface area contributed by atoms with Gasteiger partial charge in [0.25, 0.3) is 0 Å². The number of esters is 1. The molecule has 0 saturated heterocycles. The van der Waals surface area contributed by atoms with Crippen molar-refractivity contribution >= 4 is 23.3 Å². The van der Waals surface area contributed by atoms with E-state index in [0.29, 0.717) is 23.1 Å². The zero-order valence-corrected chi connectivity index (χ0v) is 11.7. The number of hydrogen-bond acceptors (Lipinski definition) is 4. The second-order valence-electron chi connectivity index (χ2n) is 4.81. The normalized spacial score (nSPS) is 14.8. The van der Waals surface area contributed by atoms with E-state index in [1.807, 2.05) is 0 Å². The number of anilines is 1. The highest BCUT2D eigenvalue weighted by Gasteiger charge is 2.20. The Kier molecular flexibility index (Phi) is 4.53. The van der Waals surface area contributed by atoms with Crippen molar-refractivity contribution in [3.63, 3.8) is 0 Å². The smallest absolute Gasteiger partial charge is 0.341 e. The minimum absolute atomic E-state index is 0.279. The van der Waals surface area contributed by atoms with Crippen LogP contribution in [0.3, 0.4) is 0 Å². The van der Waals surface area contributed by atoms with E-state index in [4.69, 9.17) is 26.8 Å². The number of halogens is 1. The van der Waals surface area contributed by atoms with Gasteiger partial charge in [-0.15, -0.1) is 0 Å². The molecule has 1 saturated carbocycles. The Morgan fingerprint density at radius 1 is 1.47 bits per heavy atom. The molecule has 0 aromatic heterocycles. The monoisotopic (exact) mass is 283 g/mol. The van der Waals surface area contributed by atoms with Gasteiger partial charge in [-0.05, 0) is 24.5 Å². The van der Waals surface area contributed by atoms with Gasteiger partial charge in [0, 0.05) is 5.69 Å². The van der Waals surface area contributed by atoms with Gasteiger partial charge in [-0.3, -0.25) is 0 Å². The molecule has 0 radical (unpaired) electrons. The summed E-state index contributed by atoms with van der Waals surface area (Å²) >= 11 is 6.09. The summed E-state index contributed by atoms with van der Waals surface area (Å²) in [6.45, 7) is 0.554. The molecule has 1 aromatic rings. The fourth-order valence-corrected chi connectivity index (χ4v) is 2.41. The maximum absolute atomic E-state index is 11.7. The first-order valence-electron chi connectivity index (χ1n) is 6.42. The Hall–Kier alpha value is -1.42. The molecule has 19 heavy (non-hydrogen) atoms. The highest BCUT2D eigenvalue weighted by atomic mass is 35.5. The van der Waals surface area contributed by atoms with Crippen molar-refractivity contribution in [1.29, 1.82) is 0 Å². The molecular formula is C14H18ClNO3. The van der Waals surface area contributed by atoms with Crippen LogP contribution in [0.5, 0.6) is 5.75 Å². The third-order valence-corrected chi connectivity index (χ3v) is 3.75. The van der Waals surface area contributed by atoms with Crippen LogP contribution in [0.15, 0.2) is 12.1 Å². The van der Waals surface area contributed by atoms with Gasteiger partial charge in [0.05, 0.1) is 18.7 Å². The summed E-state index contributed by atoms with van der Waals surface area (Å²) in [5.74, 6) is 0.615. The van der Waals surface area contributed by atoms with Gasteiger partial charge in [0.2, 0.25) is 0 Å². The summed E-state index contributed by atoms with van der Waals surface area (Å²) in [6.07, 6.45) is 4.83. The molecule has 2 rings (SSSR count). The molecule has 0 unspecified atom stereocenters. The Balaban J connectivity index is 2.09. The van der Waals surface area contributed by atoms with Crippen molar-refractivity contribution in [2.75, 3.05) is 19.5 Å². The minimum Gasteiger partial charge on any atom is -0.491 e. The number of nitrogen functional groups attached to an aromatic ring is 1. The molecule has 1 aliphatic carbocycles. The first-order valence-corrected chi connectivity index (χ1v) is 6.79. The van der Waals surface area contributed by atoms with E-state index >= 15 is 0 Å². The minimum atomic E-state index is -0.493. The lowest BCUT2D eigenvalue weighted by Crippen LogP contribution is -2.15. The van der Waals surface area contributed by atoms with Crippen LogP contribution in [0.4, 0.5) is 5.69 Å². The summed E-state index contributed by atoms with van der Waals surface area (Å²) < 4.78 is 10.4. The molecule has 4 nitrogen and oxygen atoms in total. The van der Waals surface area contributed by atoms with Crippen LogP contribution >= 0.6 is 11.6 Å². The second kappa shape index (κ2) is 6.15. The Morgan fingerprint density at radius 3 is 2.79 bits per heavy atom. The third-order valence-electron chi connectivity index (χ3n) is 3.47. The van der Waals surface area contributed by atoms with Crippen LogP contribution in [0.1, 0.15) is 36.0 Å². The number of ether oxygens (including phenoxy) is 2. The molecule has 0 bridgehead atoms. The van der Waals surface area contributed by atoms with E-state index in [2.05, 4.69) is 0 Å².